The number of methoxy groups -OCH3 is 1. The zero-order valence-electron chi connectivity index (χ0n) is 13.0. The van der Waals surface area contributed by atoms with Gasteiger partial charge in [-0.1, -0.05) is 12.1 Å². The molecule has 114 valence electrons. The Bertz CT molecular complexity index is 364. The van der Waals surface area contributed by atoms with Crippen molar-refractivity contribution in [1.82, 2.24) is 4.90 Å². The molecule has 0 bridgehead atoms. The summed E-state index contributed by atoms with van der Waals surface area (Å²) in [5.41, 5.74) is 1.10. The molecule has 20 heavy (non-hydrogen) atoms. The molecule has 0 aliphatic rings. The smallest absolute Gasteiger partial charge is 0.118 e. The van der Waals surface area contributed by atoms with E-state index >= 15 is 0 Å². The number of aliphatic hydroxyl groups is 1. The van der Waals surface area contributed by atoms with E-state index in [1.165, 1.54) is 0 Å². The highest BCUT2D eigenvalue weighted by Gasteiger charge is 2.15. The third kappa shape index (κ3) is 5.49. The summed E-state index contributed by atoms with van der Waals surface area (Å²) < 4.78 is 10.7. The maximum Gasteiger partial charge on any atom is 0.118 e. The van der Waals surface area contributed by atoms with Crippen molar-refractivity contribution < 1.29 is 14.6 Å². The molecule has 1 aromatic carbocycles. The second-order valence-electron chi connectivity index (χ2n) is 5.23. The van der Waals surface area contributed by atoms with Crippen molar-refractivity contribution in [2.45, 2.75) is 32.4 Å². The Balaban J connectivity index is 2.50. The van der Waals surface area contributed by atoms with Crippen molar-refractivity contribution in [2.75, 3.05) is 33.9 Å². The van der Waals surface area contributed by atoms with Gasteiger partial charge in [0.15, 0.2) is 0 Å². The molecule has 4 nitrogen and oxygen atoms in total. The molecule has 0 unspecified atom stereocenters. The summed E-state index contributed by atoms with van der Waals surface area (Å²) >= 11 is 0. The Labute approximate surface area is 122 Å². The number of aliphatic hydroxyl groups excluding tert-OH is 1. The Morgan fingerprint density at radius 3 is 2.35 bits per heavy atom. The third-order valence-corrected chi connectivity index (χ3v) is 3.31. The van der Waals surface area contributed by atoms with Crippen LogP contribution in [0.15, 0.2) is 24.3 Å². The number of ether oxygens (including phenoxy) is 2. The van der Waals surface area contributed by atoms with E-state index in [0.29, 0.717) is 0 Å². The molecule has 4 heteroatoms. The summed E-state index contributed by atoms with van der Waals surface area (Å²) in [7, 11) is 3.68. The largest absolute Gasteiger partial charge is 0.497 e. The zero-order valence-corrected chi connectivity index (χ0v) is 13.0. The van der Waals surface area contributed by atoms with E-state index in [2.05, 4.69) is 4.90 Å². The van der Waals surface area contributed by atoms with Crippen molar-refractivity contribution >= 4 is 0 Å². The number of hydrogen-bond acceptors (Lipinski definition) is 4. The molecule has 0 radical (unpaired) electrons. The van der Waals surface area contributed by atoms with Crippen molar-refractivity contribution in [3.8, 4) is 5.75 Å². The first-order valence-electron chi connectivity index (χ1n) is 7.15. The van der Waals surface area contributed by atoms with Gasteiger partial charge in [-0.2, -0.15) is 0 Å². The number of nitrogens with zero attached hydrogens (tertiary/aromatic N) is 1. The molecule has 0 saturated heterocycles. The van der Waals surface area contributed by atoms with E-state index in [9.17, 15) is 5.11 Å². The minimum absolute atomic E-state index is 0.0138. The van der Waals surface area contributed by atoms with Gasteiger partial charge >= 0.3 is 0 Å². The maximum absolute atomic E-state index is 9.62. The molecule has 0 spiro atoms. The molecule has 1 rings (SSSR count). The highest BCUT2D eigenvalue weighted by atomic mass is 16.5. The van der Waals surface area contributed by atoms with Crippen molar-refractivity contribution in [3.63, 3.8) is 0 Å². The molecule has 0 saturated carbocycles. The predicted octanol–water partition coefficient (Wildman–Crippen LogP) is 2.48. The first kappa shape index (κ1) is 17.0. The quantitative estimate of drug-likeness (QED) is 0.706. The molecule has 1 atom stereocenters. The molecule has 0 aliphatic carbocycles. The molecule has 0 amide bonds. The third-order valence-electron chi connectivity index (χ3n) is 3.31. The van der Waals surface area contributed by atoms with E-state index < -0.39 is 0 Å². The van der Waals surface area contributed by atoms with Gasteiger partial charge in [-0.3, -0.25) is 4.90 Å². The summed E-state index contributed by atoms with van der Waals surface area (Å²) in [6.07, 6.45) is 1.23. The minimum Gasteiger partial charge on any atom is -0.497 e. The fourth-order valence-corrected chi connectivity index (χ4v) is 2.11. The fraction of sp³-hybridized carbons (Fsp3) is 0.625. The van der Waals surface area contributed by atoms with Gasteiger partial charge in [0.1, 0.15) is 5.75 Å². The molecule has 0 heterocycles. The van der Waals surface area contributed by atoms with Gasteiger partial charge in [-0.15, -0.1) is 0 Å². The van der Waals surface area contributed by atoms with Gasteiger partial charge in [-0.25, -0.2) is 0 Å². The number of hydrogen-bond donors (Lipinski definition) is 1. The Morgan fingerprint density at radius 2 is 1.85 bits per heavy atom. The van der Waals surface area contributed by atoms with E-state index in [0.717, 1.165) is 30.9 Å². The molecule has 1 N–H and O–H groups in total. The van der Waals surface area contributed by atoms with Crippen molar-refractivity contribution in [2.24, 2.45) is 0 Å². The van der Waals surface area contributed by atoms with Crippen LogP contribution >= 0.6 is 0 Å². The lowest BCUT2D eigenvalue weighted by Crippen LogP contribution is -2.29. The average molecular weight is 281 g/mol. The van der Waals surface area contributed by atoms with Crippen LogP contribution in [0.2, 0.25) is 0 Å². The first-order valence-corrected chi connectivity index (χ1v) is 7.15. The zero-order chi connectivity index (χ0) is 15.0. The van der Waals surface area contributed by atoms with Crippen LogP contribution in [0.4, 0.5) is 0 Å². The van der Waals surface area contributed by atoms with Crippen molar-refractivity contribution in [1.29, 1.82) is 0 Å². The van der Waals surface area contributed by atoms with Crippen LogP contribution < -0.4 is 4.74 Å². The van der Waals surface area contributed by atoms with Gasteiger partial charge in [0.05, 0.1) is 25.9 Å². The lowest BCUT2D eigenvalue weighted by molar-refractivity contribution is 0.0653. The molecule has 0 aromatic heterocycles. The van der Waals surface area contributed by atoms with Gasteiger partial charge in [0, 0.05) is 13.2 Å². The highest BCUT2D eigenvalue weighted by Crippen LogP contribution is 2.21. The predicted molar refractivity (Wildman–Crippen MR) is 81.2 cm³/mol. The van der Waals surface area contributed by atoms with Crippen LogP contribution in [0.5, 0.6) is 5.75 Å². The number of benzene rings is 1. The second-order valence-corrected chi connectivity index (χ2v) is 5.23. The lowest BCUT2D eigenvalue weighted by Gasteiger charge is -2.27. The van der Waals surface area contributed by atoms with Gasteiger partial charge in [0.2, 0.25) is 0 Å². The number of rotatable bonds is 9. The maximum atomic E-state index is 9.62. The molecule has 0 aliphatic heterocycles. The van der Waals surface area contributed by atoms with Crippen molar-refractivity contribution in [3.05, 3.63) is 29.8 Å². The summed E-state index contributed by atoms with van der Waals surface area (Å²) in [5.74, 6) is 0.832. The summed E-state index contributed by atoms with van der Waals surface area (Å²) in [6.45, 7) is 5.83. The van der Waals surface area contributed by atoms with Crippen LogP contribution in [0.25, 0.3) is 0 Å². The van der Waals surface area contributed by atoms with Crippen LogP contribution in [0.3, 0.4) is 0 Å². The molecule has 0 fully saturated rings. The van der Waals surface area contributed by atoms with Gasteiger partial charge in [-0.05, 0) is 45.0 Å². The average Bonchev–Trinajstić information content (AvgIpc) is 2.45. The monoisotopic (exact) mass is 281 g/mol. The van der Waals surface area contributed by atoms with Gasteiger partial charge < -0.3 is 14.6 Å². The minimum atomic E-state index is 0.0138. The summed E-state index contributed by atoms with van der Waals surface area (Å²) in [5, 5.41) is 9.62. The fourth-order valence-electron chi connectivity index (χ4n) is 2.11. The normalized spacial score (nSPS) is 12.9. The molecular formula is C16H27NO3. The van der Waals surface area contributed by atoms with Crippen LogP contribution in [-0.4, -0.2) is 50.0 Å². The Kier molecular flexibility index (Phi) is 7.59. The first-order chi connectivity index (χ1) is 9.58. The van der Waals surface area contributed by atoms with Crippen LogP contribution in [0, 0.1) is 0 Å². The van der Waals surface area contributed by atoms with E-state index in [1.54, 1.807) is 7.11 Å². The van der Waals surface area contributed by atoms with Gasteiger partial charge in [0.25, 0.3) is 0 Å². The number of likely N-dealkylation sites (N-methyl/N-ethyl adjacent to an activating group) is 1. The van der Waals surface area contributed by atoms with Crippen LogP contribution in [-0.2, 0) is 4.74 Å². The van der Waals surface area contributed by atoms with E-state index in [1.807, 2.05) is 45.2 Å². The molecular weight excluding hydrogens is 254 g/mol. The molecule has 1 aromatic rings. The van der Waals surface area contributed by atoms with E-state index in [-0.39, 0.29) is 18.8 Å². The Morgan fingerprint density at radius 1 is 1.20 bits per heavy atom. The van der Waals surface area contributed by atoms with E-state index in [4.69, 9.17) is 9.47 Å². The lowest BCUT2D eigenvalue weighted by atomic mass is 10.1. The standard InChI is InChI=1S/C16H27NO3/c1-13(2)20-11-5-10-17(3)16(12-18)14-6-8-15(19-4)9-7-14/h6-9,13,16,18H,5,10-12H2,1-4H3/t16-/m1/s1. The van der Waals surface area contributed by atoms with Crippen LogP contribution in [0.1, 0.15) is 31.9 Å². The SMILES string of the molecule is COc1ccc([C@@H](CO)N(C)CCCOC(C)C)cc1. The topological polar surface area (TPSA) is 41.9 Å². The summed E-state index contributed by atoms with van der Waals surface area (Å²) in [4.78, 5) is 2.16. The highest BCUT2D eigenvalue weighted by molar-refractivity contribution is 5.29. The Hall–Kier alpha value is -1.10. The summed E-state index contributed by atoms with van der Waals surface area (Å²) in [6, 6.07) is 7.86. The second kappa shape index (κ2) is 8.95.